The summed E-state index contributed by atoms with van der Waals surface area (Å²) in [7, 11) is 0. The average Bonchev–Trinajstić information content (AvgIpc) is 2.27. The maximum atomic E-state index is 11.8. The molecule has 16 heavy (non-hydrogen) atoms. The number of rotatable bonds is 4. The van der Waals surface area contributed by atoms with Gasteiger partial charge in [-0.25, -0.2) is 0 Å². The third-order valence-corrected chi connectivity index (χ3v) is 3.45. The molecule has 1 rings (SSSR count). The quantitative estimate of drug-likeness (QED) is 0.830. The molecule has 0 saturated heterocycles. The first-order valence-electron chi connectivity index (χ1n) is 5.21. The van der Waals surface area contributed by atoms with Crippen LogP contribution in [0.3, 0.4) is 0 Å². The summed E-state index contributed by atoms with van der Waals surface area (Å²) in [5, 5.41) is 12.5. The van der Waals surface area contributed by atoms with E-state index in [1.807, 2.05) is 25.1 Å². The minimum Gasteiger partial charge on any atom is -0.388 e. The lowest BCUT2D eigenvalue weighted by Crippen LogP contribution is -2.40. The molecule has 0 radical (unpaired) electrons. The van der Waals surface area contributed by atoms with Crippen molar-refractivity contribution in [3.63, 3.8) is 0 Å². The molecule has 4 heteroatoms. The highest BCUT2D eigenvalue weighted by Gasteiger charge is 2.19. The Morgan fingerprint density at radius 2 is 2.12 bits per heavy atom. The first-order valence-corrected chi connectivity index (χ1v) is 6.29. The summed E-state index contributed by atoms with van der Waals surface area (Å²) in [5.41, 5.74) is -0.189. The van der Waals surface area contributed by atoms with Crippen LogP contribution in [-0.2, 0) is 0 Å². The van der Waals surface area contributed by atoms with Crippen molar-refractivity contribution in [3.8, 4) is 0 Å². The molecule has 0 heterocycles. The number of amides is 1. The Morgan fingerprint density at radius 1 is 1.50 bits per heavy atom. The van der Waals surface area contributed by atoms with Crippen LogP contribution in [0.1, 0.15) is 30.6 Å². The zero-order chi connectivity index (χ0) is 12.2. The molecule has 0 bridgehead atoms. The van der Waals surface area contributed by atoms with Gasteiger partial charge in [0.15, 0.2) is 0 Å². The molecule has 2 N–H and O–H groups in total. The lowest BCUT2D eigenvalue weighted by atomic mass is 10.0. The van der Waals surface area contributed by atoms with Crippen LogP contribution in [0.25, 0.3) is 0 Å². The molecule has 0 saturated carbocycles. The molecular weight excluding hydrogens is 317 g/mol. The summed E-state index contributed by atoms with van der Waals surface area (Å²) >= 11 is 2.12. The van der Waals surface area contributed by atoms with Gasteiger partial charge in [0.05, 0.1) is 11.2 Å². The standard InChI is InChI=1S/C12H16INO2/c1-3-12(2,16)8-14-11(15)9-6-4-5-7-10(9)13/h4-7,16H,3,8H2,1-2H3,(H,14,15). The van der Waals surface area contributed by atoms with Crippen LogP contribution < -0.4 is 5.32 Å². The van der Waals surface area contributed by atoms with E-state index in [0.29, 0.717) is 12.0 Å². The van der Waals surface area contributed by atoms with Gasteiger partial charge in [-0.05, 0) is 48.1 Å². The van der Waals surface area contributed by atoms with Crippen LogP contribution >= 0.6 is 22.6 Å². The minimum absolute atomic E-state index is 0.140. The van der Waals surface area contributed by atoms with Gasteiger partial charge < -0.3 is 10.4 Å². The van der Waals surface area contributed by atoms with Crippen LogP contribution in [0.2, 0.25) is 0 Å². The number of hydrogen-bond donors (Lipinski definition) is 2. The number of nitrogens with one attached hydrogen (secondary N) is 1. The highest BCUT2D eigenvalue weighted by atomic mass is 127. The van der Waals surface area contributed by atoms with Crippen molar-refractivity contribution in [1.29, 1.82) is 0 Å². The van der Waals surface area contributed by atoms with Crippen molar-refractivity contribution >= 4 is 28.5 Å². The van der Waals surface area contributed by atoms with E-state index in [0.717, 1.165) is 3.57 Å². The second kappa shape index (κ2) is 5.63. The number of aliphatic hydroxyl groups is 1. The first-order chi connectivity index (χ1) is 7.46. The van der Waals surface area contributed by atoms with Gasteiger partial charge in [0.25, 0.3) is 5.91 Å². The van der Waals surface area contributed by atoms with E-state index >= 15 is 0 Å². The lowest BCUT2D eigenvalue weighted by Gasteiger charge is -2.21. The predicted octanol–water partition coefficient (Wildman–Crippen LogP) is 2.18. The number of hydrogen-bond acceptors (Lipinski definition) is 2. The molecule has 1 atom stereocenters. The van der Waals surface area contributed by atoms with E-state index in [-0.39, 0.29) is 12.5 Å². The van der Waals surface area contributed by atoms with Crippen molar-refractivity contribution in [2.75, 3.05) is 6.54 Å². The van der Waals surface area contributed by atoms with Crippen LogP contribution in [0, 0.1) is 3.57 Å². The minimum atomic E-state index is -0.837. The van der Waals surface area contributed by atoms with Gasteiger partial charge in [0, 0.05) is 10.1 Å². The number of carbonyl (C=O) groups excluding carboxylic acids is 1. The predicted molar refractivity (Wildman–Crippen MR) is 72.4 cm³/mol. The monoisotopic (exact) mass is 333 g/mol. The van der Waals surface area contributed by atoms with Crippen LogP contribution in [0.5, 0.6) is 0 Å². The second-order valence-corrected chi connectivity index (χ2v) is 5.18. The van der Waals surface area contributed by atoms with Crippen molar-refractivity contribution in [2.45, 2.75) is 25.9 Å². The first kappa shape index (κ1) is 13.4. The van der Waals surface area contributed by atoms with Crippen molar-refractivity contribution in [2.24, 2.45) is 0 Å². The van der Waals surface area contributed by atoms with E-state index in [1.165, 1.54) is 0 Å². The number of carbonyl (C=O) groups is 1. The van der Waals surface area contributed by atoms with Crippen LogP contribution in [-0.4, -0.2) is 23.2 Å². The summed E-state index contributed by atoms with van der Waals surface area (Å²) in [6.07, 6.45) is 0.610. The molecule has 1 aromatic rings. The van der Waals surface area contributed by atoms with Crippen molar-refractivity contribution in [3.05, 3.63) is 33.4 Å². The summed E-state index contributed by atoms with van der Waals surface area (Å²) in [6.45, 7) is 3.87. The number of benzene rings is 1. The van der Waals surface area contributed by atoms with Crippen LogP contribution in [0.15, 0.2) is 24.3 Å². The third kappa shape index (κ3) is 3.75. The Balaban J connectivity index is 2.64. The third-order valence-electron chi connectivity index (χ3n) is 2.51. The molecule has 1 aromatic carbocycles. The van der Waals surface area contributed by atoms with E-state index in [9.17, 15) is 9.90 Å². The highest BCUT2D eigenvalue weighted by Crippen LogP contribution is 2.12. The average molecular weight is 333 g/mol. The summed E-state index contributed by atoms with van der Waals surface area (Å²) in [4.78, 5) is 11.8. The zero-order valence-corrected chi connectivity index (χ0v) is 11.6. The summed E-state index contributed by atoms with van der Waals surface area (Å²) in [5.74, 6) is -0.140. The molecule has 1 unspecified atom stereocenters. The van der Waals surface area contributed by atoms with E-state index in [4.69, 9.17) is 0 Å². The molecule has 0 aliphatic heterocycles. The lowest BCUT2D eigenvalue weighted by molar-refractivity contribution is 0.0518. The number of halogens is 1. The topological polar surface area (TPSA) is 49.3 Å². The smallest absolute Gasteiger partial charge is 0.252 e. The molecule has 1 amide bonds. The van der Waals surface area contributed by atoms with Gasteiger partial charge in [-0.15, -0.1) is 0 Å². The largest absolute Gasteiger partial charge is 0.388 e. The van der Waals surface area contributed by atoms with Gasteiger partial charge in [0.1, 0.15) is 0 Å². The molecular formula is C12H16INO2. The Labute approximate surface area is 109 Å². The maximum absolute atomic E-state index is 11.8. The van der Waals surface area contributed by atoms with Crippen LogP contribution in [0.4, 0.5) is 0 Å². The van der Waals surface area contributed by atoms with Gasteiger partial charge in [-0.3, -0.25) is 4.79 Å². The molecule has 0 fully saturated rings. The molecule has 88 valence electrons. The molecule has 0 aliphatic carbocycles. The molecule has 0 aromatic heterocycles. The van der Waals surface area contributed by atoms with E-state index in [1.54, 1.807) is 13.0 Å². The summed E-state index contributed by atoms with van der Waals surface area (Å²) < 4.78 is 0.911. The maximum Gasteiger partial charge on any atom is 0.252 e. The molecule has 0 spiro atoms. The molecule has 0 aliphatic rings. The van der Waals surface area contributed by atoms with Gasteiger partial charge in [0.2, 0.25) is 0 Å². The fourth-order valence-electron chi connectivity index (χ4n) is 1.14. The Kier molecular flexibility index (Phi) is 4.73. The Bertz CT molecular complexity index is 377. The SMILES string of the molecule is CCC(C)(O)CNC(=O)c1ccccc1I. The zero-order valence-electron chi connectivity index (χ0n) is 9.46. The fourth-order valence-corrected chi connectivity index (χ4v) is 1.77. The van der Waals surface area contributed by atoms with Crippen molar-refractivity contribution in [1.82, 2.24) is 5.32 Å². The van der Waals surface area contributed by atoms with Crippen molar-refractivity contribution < 1.29 is 9.90 Å². The van der Waals surface area contributed by atoms with E-state index in [2.05, 4.69) is 27.9 Å². The fraction of sp³-hybridized carbons (Fsp3) is 0.417. The normalized spacial score (nSPS) is 14.2. The van der Waals surface area contributed by atoms with E-state index < -0.39 is 5.60 Å². The van der Waals surface area contributed by atoms with Gasteiger partial charge in [-0.2, -0.15) is 0 Å². The second-order valence-electron chi connectivity index (χ2n) is 4.01. The van der Waals surface area contributed by atoms with Gasteiger partial charge in [-0.1, -0.05) is 19.1 Å². The summed E-state index contributed by atoms with van der Waals surface area (Å²) in [6, 6.07) is 7.38. The molecule has 3 nitrogen and oxygen atoms in total. The Hall–Kier alpha value is -0.620. The van der Waals surface area contributed by atoms with Gasteiger partial charge >= 0.3 is 0 Å². The highest BCUT2D eigenvalue weighted by molar-refractivity contribution is 14.1. The Morgan fingerprint density at radius 3 is 2.69 bits per heavy atom.